The van der Waals surface area contributed by atoms with E-state index in [-0.39, 0.29) is 12.2 Å². The third-order valence-corrected chi connectivity index (χ3v) is 11.6. The number of fused-ring (bicyclic) bond motifs is 4. The monoisotopic (exact) mass is 742 g/mol. The SMILES string of the molecule is C1=CC2=C(c3cccc(C4=c5ccccc5=NC(c5cccc6c(-c7ccccc7)cccc56)N4)c3)N=C(c3cccc4c(-c5ccccc5)cccc34)NC2C=C1. The van der Waals surface area contributed by atoms with E-state index in [0.29, 0.717) is 0 Å². The number of allylic oxidation sites excluding steroid dienone is 2. The summed E-state index contributed by atoms with van der Waals surface area (Å²) < 4.78 is 0. The summed E-state index contributed by atoms with van der Waals surface area (Å²) in [5, 5.41) is 14.5. The fourth-order valence-electron chi connectivity index (χ4n) is 8.84. The highest BCUT2D eigenvalue weighted by atomic mass is 15.1. The van der Waals surface area contributed by atoms with Gasteiger partial charge in [0.05, 0.1) is 22.8 Å². The van der Waals surface area contributed by atoms with Gasteiger partial charge in [0.1, 0.15) is 12.0 Å². The first kappa shape index (κ1) is 33.8. The van der Waals surface area contributed by atoms with Crippen LogP contribution in [0.1, 0.15) is 28.4 Å². The standard InChI is InChI=1S/C54H38N4/c1-3-16-35(17-4-1)39-24-12-28-43-41(39)26-14-30-45(43)53-55-49-32-9-7-22-47(49)51(57-53)37-20-11-21-38(34-37)52-48-23-8-10-33-50(48)56-54(58-52)46-31-15-27-42-40(25-13-29-44(42)46)36-18-5-2-6-19-36/h1-34,49,54,58H,(H,55,57). The second kappa shape index (κ2) is 14.2. The molecule has 8 aromatic carbocycles. The topological polar surface area (TPSA) is 48.8 Å². The van der Waals surface area contributed by atoms with Crippen molar-refractivity contribution >= 4 is 38.8 Å². The molecule has 4 heteroatoms. The first-order chi connectivity index (χ1) is 28.8. The number of benzene rings is 8. The molecule has 274 valence electrons. The van der Waals surface area contributed by atoms with Crippen molar-refractivity contribution < 1.29 is 0 Å². The third-order valence-electron chi connectivity index (χ3n) is 11.6. The van der Waals surface area contributed by atoms with Crippen LogP contribution in [0.25, 0.3) is 55.2 Å². The van der Waals surface area contributed by atoms with Crippen molar-refractivity contribution in [2.75, 3.05) is 0 Å². The third kappa shape index (κ3) is 5.86. The molecule has 1 aliphatic carbocycles. The lowest BCUT2D eigenvalue weighted by molar-refractivity contribution is 0.639. The number of nitrogens with one attached hydrogen (secondary N) is 2. The Balaban J connectivity index is 1.02. The zero-order valence-electron chi connectivity index (χ0n) is 31.7. The van der Waals surface area contributed by atoms with Crippen LogP contribution in [0.3, 0.4) is 0 Å². The molecule has 0 aromatic heterocycles. The average molecular weight is 743 g/mol. The number of rotatable bonds is 6. The molecule has 2 atom stereocenters. The van der Waals surface area contributed by atoms with Gasteiger partial charge in [-0.1, -0.05) is 194 Å². The molecule has 0 radical (unpaired) electrons. The first-order valence-electron chi connectivity index (χ1n) is 19.9. The molecule has 4 nitrogen and oxygen atoms in total. The molecule has 2 aliphatic heterocycles. The predicted molar refractivity (Wildman–Crippen MR) is 239 cm³/mol. The molecular formula is C54H38N4. The number of amidine groups is 1. The maximum atomic E-state index is 5.47. The summed E-state index contributed by atoms with van der Waals surface area (Å²) in [6.07, 6.45) is 8.36. The Morgan fingerprint density at radius 1 is 0.448 bits per heavy atom. The summed E-state index contributed by atoms with van der Waals surface area (Å²) in [5.41, 5.74) is 12.4. The Bertz CT molecular complexity index is 3170. The van der Waals surface area contributed by atoms with Crippen LogP contribution in [0.5, 0.6) is 0 Å². The Morgan fingerprint density at radius 2 is 1.03 bits per heavy atom. The van der Waals surface area contributed by atoms with Gasteiger partial charge >= 0.3 is 0 Å². The first-order valence-corrected chi connectivity index (χ1v) is 19.9. The Labute approximate surface area is 337 Å². The largest absolute Gasteiger partial charge is 0.359 e. The van der Waals surface area contributed by atoms with Crippen molar-refractivity contribution in [3.05, 3.63) is 245 Å². The molecule has 0 spiro atoms. The zero-order chi connectivity index (χ0) is 38.4. The molecule has 8 aromatic rings. The van der Waals surface area contributed by atoms with E-state index >= 15 is 0 Å². The van der Waals surface area contributed by atoms with Crippen LogP contribution in [-0.2, 0) is 0 Å². The Kier molecular flexibility index (Phi) is 8.25. The van der Waals surface area contributed by atoms with Crippen molar-refractivity contribution in [1.82, 2.24) is 10.6 Å². The molecule has 0 saturated carbocycles. The summed E-state index contributed by atoms with van der Waals surface area (Å²) in [6, 6.07) is 64.8. The Morgan fingerprint density at radius 3 is 1.79 bits per heavy atom. The smallest absolute Gasteiger partial charge is 0.146 e. The van der Waals surface area contributed by atoms with E-state index < -0.39 is 0 Å². The molecular weight excluding hydrogens is 705 g/mol. The lowest BCUT2D eigenvalue weighted by Gasteiger charge is -2.29. The number of para-hydroxylation sites is 1. The van der Waals surface area contributed by atoms with Gasteiger partial charge in [0.25, 0.3) is 0 Å². The lowest BCUT2D eigenvalue weighted by atomic mass is 9.91. The number of aliphatic imine (C=N–C) groups is 1. The summed E-state index contributed by atoms with van der Waals surface area (Å²) in [7, 11) is 0. The van der Waals surface area contributed by atoms with Crippen LogP contribution in [0.4, 0.5) is 0 Å². The number of hydrogen-bond acceptors (Lipinski definition) is 4. The van der Waals surface area contributed by atoms with Crippen LogP contribution < -0.4 is 21.2 Å². The highest BCUT2D eigenvalue weighted by molar-refractivity contribution is 6.15. The van der Waals surface area contributed by atoms with Crippen molar-refractivity contribution in [2.45, 2.75) is 12.2 Å². The van der Waals surface area contributed by atoms with Gasteiger partial charge in [0, 0.05) is 27.5 Å². The van der Waals surface area contributed by atoms with Crippen molar-refractivity contribution in [2.24, 2.45) is 9.98 Å². The van der Waals surface area contributed by atoms with E-state index in [1.54, 1.807) is 0 Å². The summed E-state index contributed by atoms with van der Waals surface area (Å²) in [5.74, 6) is 0.864. The number of nitrogens with zero attached hydrogens (tertiary/aromatic N) is 2. The van der Waals surface area contributed by atoms with E-state index in [4.69, 9.17) is 9.98 Å². The maximum Gasteiger partial charge on any atom is 0.146 e. The minimum Gasteiger partial charge on any atom is -0.359 e. The minimum atomic E-state index is -0.281. The van der Waals surface area contributed by atoms with Gasteiger partial charge in [-0.05, 0) is 61.5 Å². The highest BCUT2D eigenvalue weighted by Gasteiger charge is 2.26. The van der Waals surface area contributed by atoms with Crippen molar-refractivity contribution in [1.29, 1.82) is 0 Å². The summed E-state index contributed by atoms with van der Waals surface area (Å²) in [6.45, 7) is 0. The summed E-state index contributed by atoms with van der Waals surface area (Å²) in [4.78, 5) is 10.8. The quantitative estimate of drug-likeness (QED) is 0.178. The van der Waals surface area contributed by atoms with Crippen LogP contribution in [0, 0.1) is 0 Å². The summed E-state index contributed by atoms with van der Waals surface area (Å²) >= 11 is 0. The molecule has 58 heavy (non-hydrogen) atoms. The van der Waals surface area contributed by atoms with Crippen LogP contribution >= 0.6 is 0 Å². The van der Waals surface area contributed by atoms with E-state index in [1.807, 2.05) is 0 Å². The molecule has 2 unspecified atom stereocenters. The number of hydrogen-bond donors (Lipinski definition) is 2. The Hall–Kier alpha value is -7.56. The molecule has 2 N–H and O–H groups in total. The van der Waals surface area contributed by atoms with Crippen molar-refractivity contribution in [3.8, 4) is 22.3 Å². The van der Waals surface area contributed by atoms with Gasteiger partial charge in [-0.25, -0.2) is 4.99 Å². The molecule has 11 rings (SSSR count). The predicted octanol–water partition coefficient (Wildman–Crippen LogP) is 10.7. The molecule has 0 saturated heterocycles. The van der Waals surface area contributed by atoms with Gasteiger partial charge < -0.3 is 10.6 Å². The average Bonchev–Trinajstić information content (AvgIpc) is 3.30. The van der Waals surface area contributed by atoms with Gasteiger partial charge in [-0.3, -0.25) is 4.99 Å². The minimum absolute atomic E-state index is 0.0137. The fourth-order valence-corrected chi connectivity index (χ4v) is 8.84. The van der Waals surface area contributed by atoms with E-state index in [0.717, 1.165) is 55.6 Å². The van der Waals surface area contributed by atoms with Gasteiger partial charge in [-0.15, -0.1) is 0 Å². The maximum absolute atomic E-state index is 5.47. The van der Waals surface area contributed by atoms with Crippen LogP contribution in [0.2, 0.25) is 0 Å². The van der Waals surface area contributed by atoms with Gasteiger partial charge in [-0.2, -0.15) is 0 Å². The van der Waals surface area contributed by atoms with Crippen molar-refractivity contribution in [3.63, 3.8) is 0 Å². The van der Waals surface area contributed by atoms with Gasteiger partial charge in [0.2, 0.25) is 0 Å². The van der Waals surface area contributed by atoms with E-state index in [9.17, 15) is 0 Å². The lowest BCUT2D eigenvalue weighted by Crippen LogP contribution is -2.40. The van der Waals surface area contributed by atoms with Crippen LogP contribution in [-0.4, -0.2) is 11.9 Å². The van der Waals surface area contributed by atoms with Crippen LogP contribution in [0.15, 0.2) is 222 Å². The van der Waals surface area contributed by atoms with E-state index in [1.165, 1.54) is 43.8 Å². The molecule has 0 amide bonds. The zero-order valence-corrected chi connectivity index (χ0v) is 31.7. The molecule has 3 aliphatic rings. The second-order valence-electron chi connectivity index (χ2n) is 15.0. The normalized spacial score (nSPS) is 16.9. The highest BCUT2D eigenvalue weighted by Crippen LogP contribution is 2.37. The second-order valence-corrected chi connectivity index (χ2v) is 15.0. The fraction of sp³-hybridized carbons (Fsp3) is 0.0370. The van der Waals surface area contributed by atoms with Gasteiger partial charge in [0.15, 0.2) is 0 Å². The molecule has 2 heterocycles. The van der Waals surface area contributed by atoms with E-state index in [2.05, 4.69) is 217 Å². The molecule has 0 bridgehead atoms. The molecule has 0 fully saturated rings.